The summed E-state index contributed by atoms with van der Waals surface area (Å²) in [5, 5.41) is 1.27. The summed E-state index contributed by atoms with van der Waals surface area (Å²) in [4.78, 5) is 10.7. The highest BCUT2D eigenvalue weighted by atomic mass is 16.5. The van der Waals surface area contributed by atoms with Crippen molar-refractivity contribution >= 4 is 11.0 Å². The van der Waals surface area contributed by atoms with Gasteiger partial charge in [-0.15, -0.1) is 0 Å². The molecule has 2 aromatic heterocycles. The molecule has 0 radical (unpaired) electrons. The summed E-state index contributed by atoms with van der Waals surface area (Å²) in [5.74, 6) is 0.809. The fourth-order valence-electron chi connectivity index (χ4n) is 4.00. The lowest BCUT2D eigenvalue weighted by Crippen LogP contribution is -2.34. The number of H-pyrrole nitrogens is 1. The molecule has 0 bridgehead atoms. The highest BCUT2D eigenvalue weighted by Crippen LogP contribution is 2.34. The maximum atomic E-state index is 5.94. The van der Waals surface area contributed by atoms with E-state index in [1.165, 1.54) is 42.6 Å². The molecule has 4 heteroatoms. The van der Waals surface area contributed by atoms with Crippen molar-refractivity contribution in [2.24, 2.45) is 5.92 Å². The average Bonchev–Trinajstić information content (AvgIpc) is 3.15. The summed E-state index contributed by atoms with van der Waals surface area (Å²) in [7, 11) is 0. The first-order valence-electron chi connectivity index (χ1n) is 8.60. The zero-order valence-corrected chi connectivity index (χ0v) is 13.3. The van der Waals surface area contributed by atoms with Gasteiger partial charge in [0.25, 0.3) is 0 Å². The van der Waals surface area contributed by atoms with Crippen LogP contribution in [0, 0.1) is 5.92 Å². The number of rotatable bonds is 3. The van der Waals surface area contributed by atoms with Crippen molar-refractivity contribution in [3.05, 3.63) is 29.6 Å². The molecule has 4 nitrogen and oxygen atoms in total. The minimum Gasteiger partial charge on any atom is -0.372 e. The third-order valence-electron chi connectivity index (χ3n) is 5.09. The third kappa shape index (κ3) is 2.66. The van der Waals surface area contributed by atoms with Gasteiger partial charge in [-0.05, 0) is 55.8 Å². The summed E-state index contributed by atoms with van der Waals surface area (Å²) in [5.41, 5.74) is 3.68. The number of aromatic nitrogens is 2. The van der Waals surface area contributed by atoms with Crippen LogP contribution in [0.5, 0.6) is 0 Å². The average molecular weight is 299 g/mol. The number of piperidine rings is 1. The SMILES string of the molecule is C[C@H]1CCCN(Cc2c([C@H]3CCCO3)[nH]c3ncccc23)C1. The second-order valence-electron chi connectivity index (χ2n) is 6.90. The molecular formula is C18H25N3O. The van der Waals surface area contributed by atoms with Crippen LogP contribution in [0.3, 0.4) is 0 Å². The standard InChI is InChI=1S/C18H25N3O/c1-13-5-3-9-21(11-13)12-15-14-6-2-8-19-18(14)20-17(15)16-7-4-10-22-16/h2,6,8,13,16H,3-5,7,9-12H2,1H3,(H,19,20)/t13-,16+/m0/s1. The molecule has 118 valence electrons. The number of pyridine rings is 1. The van der Waals surface area contributed by atoms with Gasteiger partial charge in [0.2, 0.25) is 0 Å². The molecule has 2 fully saturated rings. The van der Waals surface area contributed by atoms with Crippen molar-refractivity contribution in [2.45, 2.75) is 45.3 Å². The van der Waals surface area contributed by atoms with E-state index >= 15 is 0 Å². The number of likely N-dealkylation sites (tertiary alicyclic amines) is 1. The van der Waals surface area contributed by atoms with E-state index in [1.54, 1.807) is 0 Å². The number of ether oxygens (including phenoxy) is 1. The van der Waals surface area contributed by atoms with E-state index in [-0.39, 0.29) is 6.10 Å². The van der Waals surface area contributed by atoms with Crippen LogP contribution in [0.4, 0.5) is 0 Å². The van der Waals surface area contributed by atoms with E-state index in [9.17, 15) is 0 Å². The van der Waals surface area contributed by atoms with Crippen LogP contribution >= 0.6 is 0 Å². The molecule has 4 rings (SSSR count). The monoisotopic (exact) mass is 299 g/mol. The first-order chi connectivity index (χ1) is 10.8. The van der Waals surface area contributed by atoms with E-state index < -0.39 is 0 Å². The number of fused-ring (bicyclic) bond motifs is 1. The van der Waals surface area contributed by atoms with Gasteiger partial charge in [-0.3, -0.25) is 4.90 Å². The molecule has 2 aromatic rings. The van der Waals surface area contributed by atoms with Crippen molar-refractivity contribution in [1.29, 1.82) is 0 Å². The van der Waals surface area contributed by atoms with Gasteiger partial charge in [0.05, 0.1) is 11.8 Å². The molecule has 22 heavy (non-hydrogen) atoms. The Morgan fingerprint density at radius 2 is 2.32 bits per heavy atom. The predicted molar refractivity (Wildman–Crippen MR) is 87.7 cm³/mol. The maximum Gasteiger partial charge on any atom is 0.137 e. The lowest BCUT2D eigenvalue weighted by atomic mass is 9.99. The lowest BCUT2D eigenvalue weighted by molar-refractivity contribution is 0.106. The van der Waals surface area contributed by atoms with Crippen LogP contribution in [0.1, 0.15) is 50.0 Å². The van der Waals surface area contributed by atoms with Crippen LogP contribution in [0.15, 0.2) is 18.3 Å². The molecular weight excluding hydrogens is 274 g/mol. The lowest BCUT2D eigenvalue weighted by Gasteiger charge is -2.31. The maximum absolute atomic E-state index is 5.94. The fourth-order valence-corrected chi connectivity index (χ4v) is 4.00. The molecule has 2 atom stereocenters. The Kier molecular flexibility index (Phi) is 3.89. The summed E-state index contributed by atoms with van der Waals surface area (Å²) < 4.78 is 5.94. The molecule has 1 N–H and O–H groups in total. The van der Waals surface area contributed by atoms with Crippen molar-refractivity contribution in [3.63, 3.8) is 0 Å². The molecule has 0 aromatic carbocycles. The summed E-state index contributed by atoms with van der Waals surface area (Å²) in [6, 6.07) is 4.23. The van der Waals surface area contributed by atoms with Gasteiger partial charge in [0.1, 0.15) is 5.65 Å². The second kappa shape index (κ2) is 6.01. The second-order valence-corrected chi connectivity index (χ2v) is 6.90. The topological polar surface area (TPSA) is 41.1 Å². The van der Waals surface area contributed by atoms with Crippen molar-refractivity contribution in [3.8, 4) is 0 Å². The normalized spacial score (nSPS) is 26.8. The van der Waals surface area contributed by atoms with E-state index in [0.717, 1.165) is 37.6 Å². The quantitative estimate of drug-likeness (QED) is 0.940. The van der Waals surface area contributed by atoms with E-state index in [2.05, 4.69) is 27.9 Å². The van der Waals surface area contributed by atoms with Gasteiger partial charge >= 0.3 is 0 Å². The third-order valence-corrected chi connectivity index (χ3v) is 5.09. The van der Waals surface area contributed by atoms with E-state index in [4.69, 9.17) is 4.74 Å². The minimum atomic E-state index is 0.228. The summed E-state index contributed by atoms with van der Waals surface area (Å²) in [6.07, 6.45) is 7.06. The smallest absolute Gasteiger partial charge is 0.137 e. The number of nitrogens with zero attached hydrogens (tertiary/aromatic N) is 2. The van der Waals surface area contributed by atoms with E-state index in [1.807, 2.05) is 12.3 Å². The molecule has 4 heterocycles. The molecule has 0 saturated carbocycles. The van der Waals surface area contributed by atoms with Crippen molar-refractivity contribution < 1.29 is 4.74 Å². The highest BCUT2D eigenvalue weighted by molar-refractivity contribution is 5.81. The van der Waals surface area contributed by atoms with Gasteiger partial charge < -0.3 is 9.72 Å². The molecule has 2 aliphatic rings. The van der Waals surface area contributed by atoms with Gasteiger partial charge in [0.15, 0.2) is 0 Å². The first kappa shape index (κ1) is 14.2. The Balaban J connectivity index is 1.68. The largest absolute Gasteiger partial charge is 0.372 e. The zero-order chi connectivity index (χ0) is 14.9. The molecule has 2 saturated heterocycles. The number of aromatic amines is 1. The highest BCUT2D eigenvalue weighted by Gasteiger charge is 2.26. The Bertz CT molecular complexity index is 645. The first-order valence-corrected chi connectivity index (χ1v) is 8.60. The Hall–Kier alpha value is -1.39. The Morgan fingerprint density at radius 3 is 3.14 bits per heavy atom. The van der Waals surface area contributed by atoms with Gasteiger partial charge in [-0.25, -0.2) is 4.98 Å². The molecule has 0 aliphatic carbocycles. The summed E-state index contributed by atoms with van der Waals surface area (Å²) in [6.45, 7) is 6.68. The predicted octanol–water partition coefficient (Wildman–Crippen LogP) is 3.65. The van der Waals surface area contributed by atoms with Gasteiger partial charge in [-0.2, -0.15) is 0 Å². The Labute approximate surface area is 131 Å². The molecule has 0 amide bonds. The van der Waals surface area contributed by atoms with Crippen LogP contribution in [0.25, 0.3) is 11.0 Å². The minimum absolute atomic E-state index is 0.228. The van der Waals surface area contributed by atoms with Gasteiger partial charge in [-0.1, -0.05) is 6.92 Å². The molecule has 0 spiro atoms. The number of hydrogen-bond acceptors (Lipinski definition) is 3. The number of hydrogen-bond donors (Lipinski definition) is 1. The summed E-state index contributed by atoms with van der Waals surface area (Å²) >= 11 is 0. The van der Waals surface area contributed by atoms with Crippen molar-refractivity contribution in [2.75, 3.05) is 19.7 Å². The Morgan fingerprint density at radius 1 is 1.36 bits per heavy atom. The molecule has 2 aliphatic heterocycles. The molecule has 0 unspecified atom stereocenters. The van der Waals surface area contributed by atoms with Crippen LogP contribution in [-0.4, -0.2) is 34.6 Å². The van der Waals surface area contributed by atoms with Crippen LogP contribution in [0.2, 0.25) is 0 Å². The van der Waals surface area contributed by atoms with E-state index in [0.29, 0.717) is 0 Å². The fraction of sp³-hybridized carbons (Fsp3) is 0.611. The van der Waals surface area contributed by atoms with Gasteiger partial charge in [0, 0.05) is 31.3 Å². The van der Waals surface area contributed by atoms with Crippen LogP contribution in [-0.2, 0) is 11.3 Å². The van der Waals surface area contributed by atoms with Crippen LogP contribution < -0.4 is 0 Å². The van der Waals surface area contributed by atoms with Crippen molar-refractivity contribution in [1.82, 2.24) is 14.9 Å². The number of nitrogens with one attached hydrogen (secondary N) is 1. The zero-order valence-electron chi connectivity index (χ0n) is 13.3.